The van der Waals surface area contributed by atoms with Crippen LogP contribution in [0.3, 0.4) is 0 Å². The van der Waals surface area contributed by atoms with Gasteiger partial charge in [-0.3, -0.25) is 0 Å². The van der Waals surface area contributed by atoms with Crippen LogP contribution >= 0.6 is 0 Å². The molecule has 0 spiro atoms. The summed E-state index contributed by atoms with van der Waals surface area (Å²) in [6.07, 6.45) is -0.243. The molecular weight excluding hydrogens is 345 g/mol. The standard InChI is InChI=1S/C18H17F3N4O/c1-25(15-9-5-2-6-12(15)10-22)16-14(18(19,20)21)11-23-17(24-16)26-13-7-3-4-8-13/h2,5-6,9,11,13H,3-4,7-8H2,1H3. The number of ether oxygens (including phenoxy) is 1. The monoisotopic (exact) mass is 362 g/mol. The minimum Gasteiger partial charge on any atom is -0.460 e. The number of anilines is 2. The largest absolute Gasteiger partial charge is 0.460 e. The Bertz CT molecular complexity index is 826. The van der Waals surface area contributed by atoms with Crippen molar-refractivity contribution < 1.29 is 17.9 Å². The van der Waals surface area contributed by atoms with E-state index in [0.717, 1.165) is 31.9 Å². The minimum absolute atomic E-state index is 0.0729. The van der Waals surface area contributed by atoms with E-state index < -0.39 is 11.7 Å². The molecule has 1 aromatic heterocycles. The van der Waals surface area contributed by atoms with E-state index in [9.17, 15) is 18.4 Å². The Morgan fingerprint density at radius 2 is 1.92 bits per heavy atom. The van der Waals surface area contributed by atoms with Crippen LogP contribution in [0.4, 0.5) is 24.7 Å². The summed E-state index contributed by atoms with van der Waals surface area (Å²) in [7, 11) is 1.44. The summed E-state index contributed by atoms with van der Waals surface area (Å²) in [6, 6.07) is 8.30. The molecule has 2 aromatic rings. The van der Waals surface area contributed by atoms with Crippen molar-refractivity contribution in [2.75, 3.05) is 11.9 Å². The number of nitrogens with zero attached hydrogens (tertiary/aromatic N) is 4. The summed E-state index contributed by atoms with van der Waals surface area (Å²) in [6.45, 7) is 0. The molecule has 1 aromatic carbocycles. The molecule has 1 heterocycles. The zero-order valence-corrected chi connectivity index (χ0v) is 14.1. The topological polar surface area (TPSA) is 62.0 Å². The fourth-order valence-electron chi connectivity index (χ4n) is 3.00. The van der Waals surface area contributed by atoms with Crippen LogP contribution in [0.15, 0.2) is 30.5 Å². The fraction of sp³-hybridized carbons (Fsp3) is 0.389. The molecule has 0 aliphatic heterocycles. The van der Waals surface area contributed by atoms with Crippen molar-refractivity contribution in [3.05, 3.63) is 41.6 Å². The molecule has 0 atom stereocenters. The number of para-hydroxylation sites is 1. The van der Waals surface area contributed by atoms with Crippen LogP contribution in [-0.2, 0) is 6.18 Å². The van der Waals surface area contributed by atoms with Crippen molar-refractivity contribution in [2.45, 2.75) is 38.0 Å². The van der Waals surface area contributed by atoms with Gasteiger partial charge in [0.05, 0.1) is 11.3 Å². The number of hydrogen-bond acceptors (Lipinski definition) is 5. The minimum atomic E-state index is -4.63. The summed E-state index contributed by atoms with van der Waals surface area (Å²) >= 11 is 0. The van der Waals surface area contributed by atoms with Crippen LogP contribution in [0.2, 0.25) is 0 Å². The van der Waals surface area contributed by atoms with E-state index in [1.807, 2.05) is 6.07 Å². The van der Waals surface area contributed by atoms with E-state index in [0.29, 0.717) is 5.69 Å². The summed E-state index contributed by atoms with van der Waals surface area (Å²) < 4.78 is 45.9. The number of rotatable bonds is 4. The second kappa shape index (κ2) is 7.20. The van der Waals surface area contributed by atoms with Crippen molar-refractivity contribution in [1.29, 1.82) is 5.26 Å². The molecule has 0 unspecified atom stereocenters. The second-order valence-electron chi connectivity index (χ2n) is 6.10. The Hall–Kier alpha value is -2.82. The molecule has 3 rings (SSSR count). The molecule has 5 nitrogen and oxygen atoms in total. The average molecular weight is 362 g/mol. The molecule has 1 fully saturated rings. The van der Waals surface area contributed by atoms with Crippen LogP contribution in [0.25, 0.3) is 0 Å². The molecule has 0 amide bonds. The van der Waals surface area contributed by atoms with Crippen molar-refractivity contribution >= 4 is 11.5 Å². The van der Waals surface area contributed by atoms with Gasteiger partial charge in [0, 0.05) is 13.2 Å². The normalized spacial score (nSPS) is 14.9. The maximum absolute atomic E-state index is 13.4. The van der Waals surface area contributed by atoms with Gasteiger partial charge in [-0.15, -0.1) is 0 Å². The van der Waals surface area contributed by atoms with Crippen molar-refractivity contribution in [2.24, 2.45) is 0 Å². The molecule has 1 aliphatic rings. The number of aromatic nitrogens is 2. The molecule has 1 saturated carbocycles. The van der Waals surface area contributed by atoms with Gasteiger partial charge in [-0.1, -0.05) is 12.1 Å². The Labute approximate surface area is 149 Å². The molecule has 8 heteroatoms. The zero-order chi connectivity index (χ0) is 18.7. The number of nitriles is 1. The lowest BCUT2D eigenvalue weighted by Crippen LogP contribution is -2.21. The molecule has 0 radical (unpaired) electrons. The lowest BCUT2D eigenvalue weighted by Gasteiger charge is -2.23. The molecule has 0 N–H and O–H groups in total. The van der Waals surface area contributed by atoms with Gasteiger partial charge in [-0.25, -0.2) is 4.98 Å². The van der Waals surface area contributed by atoms with Gasteiger partial charge in [-0.05, 0) is 37.8 Å². The highest BCUT2D eigenvalue weighted by molar-refractivity contribution is 5.68. The average Bonchev–Trinajstić information content (AvgIpc) is 3.13. The maximum atomic E-state index is 13.4. The third kappa shape index (κ3) is 3.72. The van der Waals surface area contributed by atoms with Crippen LogP contribution in [0, 0.1) is 11.3 Å². The molecule has 26 heavy (non-hydrogen) atoms. The van der Waals surface area contributed by atoms with E-state index in [4.69, 9.17) is 4.74 Å². The molecule has 136 valence electrons. The Kier molecular flexibility index (Phi) is 4.98. The van der Waals surface area contributed by atoms with Gasteiger partial charge in [0.25, 0.3) is 0 Å². The predicted molar refractivity (Wildman–Crippen MR) is 89.1 cm³/mol. The third-order valence-corrected chi connectivity index (χ3v) is 4.33. The quantitative estimate of drug-likeness (QED) is 0.804. The highest BCUT2D eigenvalue weighted by Crippen LogP contribution is 2.38. The summed E-state index contributed by atoms with van der Waals surface area (Å²) in [5.74, 6) is -0.344. The smallest absolute Gasteiger partial charge is 0.421 e. The lowest BCUT2D eigenvalue weighted by atomic mass is 10.1. The van der Waals surface area contributed by atoms with Gasteiger partial charge in [0.1, 0.15) is 17.7 Å². The molecule has 0 bridgehead atoms. The van der Waals surface area contributed by atoms with Crippen LogP contribution in [0.5, 0.6) is 6.01 Å². The number of benzene rings is 1. The first kappa shape index (κ1) is 18.0. The Morgan fingerprint density at radius 3 is 2.58 bits per heavy atom. The molecular formula is C18H17F3N4O. The Morgan fingerprint density at radius 1 is 1.23 bits per heavy atom. The van der Waals surface area contributed by atoms with Crippen LogP contribution in [0.1, 0.15) is 36.8 Å². The Balaban J connectivity index is 2.02. The number of hydrogen-bond donors (Lipinski definition) is 0. The van der Waals surface area contributed by atoms with Crippen LogP contribution < -0.4 is 9.64 Å². The fourth-order valence-corrected chi connectivity index (χ4v) is 3.00. The number of halogens is 3. The highest BCUT2D eigenvalue weighted by Gasteiger charge is 2.37. The van der Waals surface area contributed by atoms with Gasteiger partial charge in [0.2, 0.25) is 0 Å². The van der Waals surface area contributed by atoms with Crippen molar-refractivity contribution in [3.63, 3.8) is 0 Å². The highest BCUT2D eigenvalue weighted by atomic mass is 19.4. The number of alkyl halides is 3. The summed E-state index contributed by atoms with van der Waals surface area (Å²) in [5.41, 5.74) is -0.405. The second-order valence-corrected chi connectivity index (χ2v) is 6.10. The van der Waals surface area contributed by atoms with Gasteiger partial charge < -0.3 is 9.64 Å². The van der Waals surface area contributed by atoms with E-state index in [1.54, 1.807) is 18.2 Å². The zero-order valence-electron chi connectivity index (χ0n) is 14.1. The first-order valence-corrected chi connectivity index (χ1v) is 8.24. The van der Waals surface area contributed by atoms with E-state index in [1.165, 1.54) is 18.0 Å². The molecule has 1 aliphatic carbocycles. The van der Waals surface area contributed by atoms with Gasteiger partial charge in [0.15, 0.2) is 5.82 Å². The van der Waals surface area contributed by atoms with Crippen molar-refractivity contribution in [3.8, 4) is 12.1 Å². The first-order valence-electron chi connectivity index (χ1n) is 8.24. The first-order chi connectivity index (χ1) is 12.4. The molecule has 0 saturated heterocycles. The van der Waals surface area contributed by atoms with Gasteiger partial charge in [-0.2, -0.15) is 23.4 Å². The summed E-state index contributed by atoms with van der Waals surface area (Å²) in [4.78, 5) is 9.00. The van der Waals surface area contributed by atoms with Gasteiger partial charge >= 0.3 is 12.2 Å². The summed E-state index contributed by atoms with van der Waals surface area (Å²) in [5, 5.41) is 9.23. The van der Waals surface area contributed by atoms with Crippen molar-refractivity contribution in [1.82, 2.24) is 9.97 Å². The van der Waals surface area contributed by atoms with E-state index >= 15 is 0 Å². The van der Waals surface area contributed by atoms with E-state index in [2.05, 4.69) is 9.97 Å². The predicted octanol–water partition coefficient (Wildman–Crippen LogP) is 4.46. The maximum Gasteiger partial charge on any atom is 0.421 e. The third-order valence-electron chi connectivity index (χ3n) is 4.33. The lowest BCUT2D eigenvalue weighted by molar-refractivity contribution is -0.137. The SMILES string of the molecule is CN(c1ccccc1C#N)c1nc(OC2CCCC2)ncc1C(F)(F)F. The van der Waals surface area contributed by atoms with Crippen LogP contribution in [-0.4, -0.2) is 23.1 Å². The van der Waals surface area contributed by atoms with E-state index in [-0.39, 0.29) is 23.5 Å².